The van der Waals surface area contributed by atoms with Gasteiger partial charge in [0.1, 0.15) is 5.88 Å². The second-order valence-corrected chi connectivity index (χ2v) is 3.22. The summed E-state index contributed by atoms with van der Waals surface area (Å²) < 4.78 is 0. The van der Waals surface area contributed by atoms with Gasteiger partial charge in [-0.1, -0.05) is 18.2 Å². The molecule has 0 atom stereocenters. The number of carbonyl (C=O) groups is 1. The smallest absolute Gasteiger partial charge is 0.248 e. The van der Waals surface area contributed by atoms with Gasteiger partial charge in [0.15, 0.2) is 5.11 Å². The minimum atomic E-state index is -0.328. The molecule has 0 saturated carbocycles. The van der Waals surface area contributed by atoms with Gasteiger partial charge in [-0.15, -0.1) is 11.6 Å². The Kier molecular flexibility index (Phi) is 3.85. The molecule has 1 aromatic carbocycles. The zero-order chi connectivity index (χ0) is 10.6. The third-order valence-electron chi connectivity index (χ3n) is 1.60. The lowest BCUT2D eigenvalue weighted by Gasteiger charge is -2.19. The molecule has 2 N–H and O–H groups in total. The SMILES string of the molecule is NC(=S)N(C(=O)CCl)c1ccccc1. The predicted octanol–water partition coefficient (Wildman–Crippen LogP) is 1.50. The average Bonchev–Trinajstić information content (AvgIpc) is 2.19. The quantitative estimate of drug-likeness (QED) is 0.617. The van der Waals surface area contributed by atoms with Crippen LogP contribution in [0.15, 0.2) is 30.3 Å². The van der Waals surface area contributed by atoms with Crippen LogP contribution in [0.3, 0.4) is 0 Å². The van der Waals surface area contributed by atoms with Crippen molar-refractivity contribution in [1.29, 1.82) is 0 Å². The molecule has 1 aromatic rings. The number of hydrogen-bond acceptors (Lipinski definition) is 2. The van der Waals surface area contributed by atoms with Crippen molar-refractivity contribution in [2.45, 2.75) is 0 Å². The van der Waals surface area contributed by atoms with Crippen molar-refractivity contribution >= 4 is 40.5 Å². The molecule has 0 heterocycles. The highest BCUT2D eigenvalue weighted by molar-refractivity contribution is 7.80. The van der Waals surface area contributed by atoms with Crippen molar-refractivity contribution in [3.05, 3.63) is 30.3 Å². The number of nitrogens with two attached hydrogens (primary N) is 1. The van der Waals surface area contributed by atoms with Crippen molar-refractivity contribution in [3.63, 3.8) is 0 Å². The number of nitrogens with zero attached hydrogens (tertiary/aromatic N) is 1. The number of para-hydroxylation sites is 1. The van der Waals surface area contributed by atoms with Crippen molar-refractivity contribution in [2.75, 3.05) is 10.8 Å². The summed E-state index contributed by atoms with van der Waals surface area (Å²) in [6, 6.07) is 8.91. The zero-order valence-electron chi connectivity index (χ0n) is 7.31. The van der Waals surface area contributed by atoms with Gasteiger partial charge in [-0.2, -0.15) is 0 Å². The van der Waals surface area contributed by atoms with Crippen molar-refractivity contribution in [1.82, 2.24) is 0 Å². The highest BCUT2D eigenvalue weighted by atomic mass is 35.5. The Labute approximate surface area is 92.4 Å². The van der Waals surface area contributed by atoms with Gasteiger partial charge in [0.25, 0.3) is 0 Å². The first-order valence-corrected chi connectivity index (χ1v) is 4.84. The topological polar surface area (TPSA) is 46.3 Å². The van der Waals surface area contributed by atoms with E-state index in [1.807, 2.05) is 6.07 Å². The molecule has 0 aliphatic heterocycles. The maximum atomic E-state index is 11.4. The first-order valence-electron chi connectivity index (χ1n) is 3.90. The lowest BCUT2D eigenvalue weighted by Crippen LogP contribution is -2.41. The van der Waals surface area contributed by atoms with E-state index < -0.39 is 0 Å². The van der Waals surface area contributed by atoms with Crippen LogP contribution >= 0.6 is 23.8 Å². The molecule has 0 radical (unpaired) electrons. The molecule has 5 heteroatoms. The van der Waals surface area contributed by atoms with Gasteiger partial charge in [0.05, 0.1) is 5.69 Å². The number of thiocarbonyl (C=S) groups is 1. The summed E-state index contributed by atoms with van der Waals surface area (Å²) in [6.45, 7) is 0. The Morgan fingerprint density at radius 2 is 2.00 bits per heavy atom. The van der Waals surface area contributed by atoms with Gasteiger partial charge < -0.3 is 5.73 Å². The highest BCUT2D eigenvalue weighted by Gasteiger charge is 2.16. The summed E-state index contributed by atoms with van der Waals surface area (Å²) in [5.74, 6) is -0.475. The highest BCUT2D eigenvalue weighted by Crippen LogP contribution is 2.13. The Hall–Kier alpha value is -1.13. The van der Waals surface area contributed by atoms with Gasteiger partial charge in [-0.05, 0) is 24.4 Å². The number of anilines is 1. The number of amides is 1. The van der Waals surface area contributed by atoms with Gasteiger partial charge in [0, 0.05) is 0 Å². The summed E-state index contributed by atoms with van der Waals surface area (Å²) in [5.41, 5.74) is 6.05. The van der Waals surface area contributed by atoms with Crippen LogP contribution in [0.25, 0.3) is 0 Å². The van der Waals surface area contributed by atoms with E-state index in [1.54, 1.807) is 24.3 Å². The van der Waals surface area contributed by atoms with Crippen molar-refractivity contribution in [3.8, 4) is 0 Å². The van der Waals surface area contributed by atoms with Crippen LogP contribution in [0.2, 0.25) is 0 Å². The zero-order valence-corrected chi connectivity index (χ0v) is 8.89. The van der Waals surface area contributed by atoms with Gasteiger partial charge in [-0.25, -0.2) is 0 Å². The van der Waals surface area contributed by atoms with E-state index in [-0.39, 0.29) is 16.9 Å². The van der Waals surface area contributed by atoms with Gasteiger partial charge in [-0.3, -0.25) is 9.69 Å². The Morgan fingerprint density at radius 3 is 2.43 bits per heavy atom. The third kappa shape index (κ3) is 2.43. The summed E-state index contributed by atoms with van der Waals surface area (Å²) in [4.78, 5) is 12.6. The number of benzene rings is 1. The van der Waals surface area contributed by atoms with E-state index in [0.717, 1.165) is 0 Å². The summed E-state index contributed by atoms with van der Waals surface area (Å²) in [7, 11) is 0. The standard InChI is InChI=1S/C9H9ClN2OS/c10-6-8(13)12(9(11)14)7-4-2-1-3-5-7/h1-5H,6H2,(H2,11,14). The molecule has 0 aliphatic carbocycles. The molecule has 0 saturated heterocycles. The van der Waals surface area contributed by atoms with Crippen LogP contribution in [0.4, 0.5) is 5.69 Å². The fourth-order valence-corrected chi connectivity index (χ4v) is 1.36. The number of hydrogen-bond donors (Lipinski definition) is 1. The number of rotatable bonds is 2. The maximum Gasteiger partial charge on any atom is 0.248 e. The Bertz CT molecular complexity index is 342. The second-order valence-electron chi connectivity index (χ2n) is 2.54. The predicted molar refractivity (Wildman–Crippen MR) is 61.4 cm³/mol. The van der Waals surface area contributed by atoms with E-state index in [1.165, 1.54) is 4.90 Å². The molecule has 0 unspecified atom stereocenters. The molecule has 14 heavy (non-hydrogen) atoms. The molecular weight excluding hydrogens is 220 g/mol. The van der Waals surface area contributed by atoms with Crippen molar-refractivity contribution in [2.24, 2.45) is 5.73 Å². The lowest BCUT2D eigenvalue weighted by atomic mass is 10.3. The van der Waals surface area contributed by atoms with Crippen LogP contribution in [0, 0.1) is 0 Å². The van der Waals surface area contributed by atoms with Crippen LogP contribution in [-0.4, -0.2) is 16.9 Å². The van der Waals surface area contributed by atoms with Crippen LogP contribution < -0.4 is 10.6 Å². The summed E-state index contributed by atoms with van der Waals surface area (Å²) >= 11 is 10.2. The molecule has 1 amide bonds. The summed E-state index contributed by atoms with van der Waals surface area (Å²) in [5, 5.41) is 0.00171. The fourth-order valence-electron chi connectivity index (χ4n) is 1.03. The number of carbonyl (C=O) groups excluding carboxylic acids is 1. The third-order valence-corrected chi connectivity index (χ3v) is 2.01. The van der Waals surface area contributed by atoms with Crippen LogP contribution in [-0.2, 0) is 4.79 Å². The normalized spacial score (nSPS) is 9.50. The molecule has 0 aromatic heterocycles. The lowest BCUT2D eigenvalue weighted by molar-refractivity contribution is -0.115. The molecule has 0 aliphatic rings. The van der Waals surface area contributed by atoms with Gasteiger partial charge >= 0.3 is 0 Å². The minimum Gasteiger partial charge on any atom is -0.376 e. The minimum absolute atomic E-state index is 0.00171. The van der Waals surface area contributed by atoms with E-state index in [0.29, 0.717) is 5.69 Å². The molecule has 1 rings (SSSR count). The maximum absolute atomic E-state index is 11.4. The molecule has 0 fully saturated rings. The molecule has 3 nitrogen and oxygen atoms in total. The second kappa shape index (κ2) is 4.93. The number of alkyl halides is 1. The average molecular weight is 229 g/mol. The van der Waals surface area contributed by atoms with Gasteiger partial charge in [0.2, 0.25) is 5.91 Å². The van der Waals surface area contributed by atoms with E-state index in [2.05, 4.69) is 0 Å². The van der Waals surface area contributed by atoms with Crippen molar-refractivity contribution < 1.29 is 4.79 Å². The van der Waals surface area contributed by atoms with Crippen LogP contribution in [0.5, 0.6) is 0 Å². The van der Waals surface area contributed by atoms with E-state index in [9.17, 15) is 4.79 Å². The monoisotopic (exact) mass is 228 g/mol. The Morgan fingerprint density at radius 1 is 1.43 bits per heavy atom. The molecule has 0 bridgehead atoms. The number of halogens is 1. The fraction of sp³-hybridized carbons (Fsp3) is 0.111. The van der Waals surface area contributed by atoms with Crippen LogP contribution in [0.1, 0.15) is 0 Å². The first kappa shape index (κ1) is 10.9. The molecular formula is C9H9ClN2OS. The van der Waals surface area contributed by atoms with E-state index in [4.69, 9.17) is 29.6 Å². The summed E-state index contributed by atoms with van der Waals surface area (Å²) in [6.07, 6.45) is 0. The molecule has 0 spiro atoms. The largest absolute Gasteiger partial charge is 0.376 e. The molecule has 74 valence electrons. The Balaban J connectivity index is 3.01. The van der Waals surface area contributed by atoms with E-state index >= 15 is 0 Å². The first-order chi connectivity index (χ1) is 6.66.